The molecular weight excluding hydrogens is 406 g/mol. The summed E-state index contributed by atoms with van der Waals surface area (Å²) in [5, 5.41) is 5.44. The highest BCUT2D eigenvalue weighted by molar-refractivity contribution is 7.89. The second-order valence-corrected chi connectivity index (χ2v) is 8.01. The fraction of sp³-hybridized carbons (Fsp3) is 0.222. The van der Waals surface area contributed by atoms with Gasteiger partial charge in [-0.3, -0.25) is 9.59 Å². The molecule has 8 nitrogen and oxygen atoms in total. The lowest BCUT2D eigenvalue weighted by Crippen LogP contribution is -2.41. The molecule has 2 aromatic carbocycles. The molecule has 0 spiro atoms. The zero-order chi connectivity index (χ0) is 20.9. The lowest BCUT2D eigenvalue weighted by atomic mass is 10.2. The molecule has 0 heterocycles. The van der Waals surface area contributed by atoms with Gasteiger partial charge in [0.25, 0.3) is 0 Å². The molecule has 2 rings (SSSR count). The van der Waals surface area contributed by atoms with Crippen molar-refractivity contribution in [3.8, 4) is 5.75 Å². The molecule has 0 unspecified atom stereocenters. The SMILES string of the molecule is COc1ccc(NC(=O)[C@H](C)NS(=O)(=O)c2ccc(NC(C)=O)cc2)cc1Cl. The van der Waals surface area contributed by atoms with E-state index in [0.29, 0.717) is 22.1 Å². The van der Waals surface area contributed by atoms with Gasteiger partial charge in [0.15, 0.2) is 0 Å². The summed E-state index contributed by atoms with van der Waals surface area (Å²) in [4.78, 5) is 23.3. The van der Waals surface area contributed by atoms with Crippen LogP contribution in [0.25, 0.3) is 0 Å². The van der Waals surface area contributed by atoms with E-state index < -0.39 is 22.0 Å². The van der Waals surface area contributed by atoms with Gasteiger partial charge in [-0.05, 0) is 49.4 Å². The van der Waals surface area contributed by atoms with Crippen LogP contribution in [0.3, 0.4) is 0 Å². The van der Waals surface area contributed by atoms with Crippen molar-refractivity contribution in [2.24, 2.45) is 0 Å². The maximum absolute atomic E-state index is 12.5. The fourth-order valence-electron chi connectivity index (χ4n) is 2.27. The van der Waals surface area contributed by atoms with Crippen LogP contribution >= 0.6 is 11.6 Å². The molecule has 28 heavy (non-hydrogen) atoms. The summed E-state index contributed by atoms with van der Waals surface area (Å²) in [6.45, 7) is 2.77. The maximum atomic E-state index is 12.5. The number of nitrogens with one attached hydrogen (secondary N) is 3. The van der Waals surface area contributed by atoms with Crippen LogP contribution in [-0.2, 0) is 19.6 Å². The topological polar surface area (TPSA) is 114 Å². The first-order valence-corrected chi connectivity index (χ1v) is 10.0. The third-order valence-corrected chi connectivity index (χ3v) is 5.48. The van der Waals surface area contributed by atoms with E-state index in [-0.39, 0.29) is 10.8 Å². The number of rotatable bonds is 7. The summed E-state index contributed by atoms with van der Waals surface area (Å²) in [7, 11) is -2.46. The van der Waals surface area contributed by atoms with E-state index in [1.165, 1.54) is 51.3 Å². The highest BCUT2D eigenvalue weighted by atomic mass is 35.5. The fourth-order valence-corrected chi connectivity index (χ4v) is 3.73. The number of hydrogen-bond donors (Lipinski definition) is 3. The molecule has 150 valence electrons. The molecule has 1 atom stereocenters. The molecule has 2 amide bonds. The Morgan fingerprint density at radius 3 is 2.18 bits per heavy atom. The van der Waals surface area contributed by atoms with Crippen molar-refractivity contribution in [3.63, 3.8) is 0 Å². The number of methoxy groups -OCH3 is 1. The minimum Gasteiger partial charge on any atom is -0.495 e. The van der Waals surface area contributed by atoms with Crippen molar-refractivity contribution in [2.75, 3.05) is 17.7 Å². The van der Waals surface area contributed by atoms with Crippen LogP contribution in [-0.4, -0.2) is 33.4 Å². The summed E-state index contributed by atoms with van der Waals surface area (Å²) >= 11 is 6.01. The Morgan fingerprint density at radius 1 is 1.04 bits per heavy atom. The van der Waals surface area contributed by atoms with Gasteiger partial charge in [-0.2, -0.15) is 4.72 Å². The first-order chi connectivity index (χ1) is 13.1. The zero-order valence-corrected chi connectivity index (χ0v) is 17.0. The van der Waals surface area contributed by atoms with Crippen LogP contribution in [0.2, 0.25) is 5.02 Å². The molecule has 0 aliphatic heterocycles. The van der Waals surface area contributed by atoms with E-state index in [0.717, 1.165) is 0 Å². The van der Waals surface area contributed by atoms with Crippen molar-refractivity contribution in [3.05, 3.63) is 47.5 Å². The minimum absolute atomic E-state index is 0.0336. The van der Waals surface area contributed by atoms with E-state index in [9.17, 15) is 18.0 Å². The molecule has 10 heteroatoms. The third kappa shape index (κ3) is 5.69. The number of anilines is 2. The summed E-state index contributed by atoms with van der Waals surface area (Å²) in [5.41, 5.74) is 0.870. The van der Waals surface area contributed by atoms with E-state index in [1.54, 1.807) is 12.1 Å². The smallest absolute Gasteiger partial charge is 0.242 e. The highest BCUT2D eigenvalue weighted by Crippen LogP contribution is 2.27. The zero-order valence-electron chi connectivity index (χ0n) is 15.4. The van der Waals surface area contributed by atoms with Crippen LogP contribution in [0.1, 0.15) is 13.8 Å². The van der Waals surface area contributed by atoms with Crippen LogP contribution in [0, 0.1) is 0 Å². The largest absolute Gasteiger partial charge is 0.495 e. The lowest BCUT2D eigenvalue weighted by Gasteiger charge is -2.15. The van der Waals surface area contributed by atoms with Crippen molar-refractivity contribution in [1.29, 1.82) is 0 Å². The maximum Gasteiger partial charge on any atom is 0.242 e. The Balaban J connectivity index is 2.05. The molecule has 0 bridgehead atoms. The van der Waals surface area contributed by atoms with Crippen molar-refractivity contribution < 1.29 is 22.7 Å². The van der Waals surface area contributed by atoms with Crippen LogP contribution in [0.15, 0.2) is 47.4 Å². The molecule has 0 aliphatic carbocycles. The number of carbonyl (C=O) groups excluding carboxylic acids is 2. The number of halogens is 1. The number of hydrogen-bond acceptors (Lipinski definition) is 5. The second-order valence-electron chi connectivity index (χ2n) is 5.89. The molecule has 0 fully saturated rings. The number of amides is 2. The second kappa shape index (κ2) is 9.05. The monoisotopic (exact) mass is 425 g/mol. The van der Waals surface area contributed by atoms with Crippen molar-refractivity contribution in [1.82, 2.24) is 4.72 Å². The van der Waals surface area contributed by atoms with Crippen molar-refractivity contribution >= 4 is 44.8 Å². The molecule has 0 aliphatic rings. The average Bonchev–Trinajstić information content (AvgIpc) is 2.61. The van der Waals surface area contributed by atoms with Gasteiger partial charge in [0.05, 0.1) is 23.1 Å². The normalized spacial score (nSPS) is 12.1. The first kappa shape index (κ1) is 21.7. The van der Waals surface area contributed by atoms with E-state index in [2.05, 4.69) is 15.4 Å². The van der Waals surface area contributed by atoms with Gasteiger partial charge in [-0.25, -0.2) is 8.42 Å². The predicted octanol–water partition coefficient (Wildman–Crippen LogP) is 2.61. The molecule has 0 saturated carbocycles. The Labute approximate surface area is 168 Å². The molecule has 0 radical (unpaired) electrons. The minimum atomic E-state index is -3.93. The number of benzene rings is 2. The number of sulfonamides is 1. The summed E-state index contributed by atoms with van der Waals surface area (Å²) in [6, 6.07) is 9.22. The molecular formula is C18H20ClN3O5S. The Hall–Kier alpha value is -2.62. The van der Waals surface area contributed by atoms with Gasteiger partial charge in [0.2, 0.25) is 21.8 Å². The highest BCUT2D eigenvalue weighted by Gasteiger charge is 2.22. The Kier molecular flexibility index (Phi) is 7.00. The van der Waals surface area contributed by atoms with Crippen LogP contribution in [0.4, 0.5) is 11.4 Å². The summed E-state index contributed by atoms with van der Waals surface area (Å²) in [6.07, 6.45) is 0. The standard InChI is InChI=1S/C18H20ClN3O5S/c1-11(18(24)21-14-6-9-17(27-3)16(19)10-14)22-28(25,26)15-7-4-13(5-8-15)20-12(2)23/h4-11,22H,1-3H3,(H,20,23)(H,21,24)/t11-/m0/s1. The van der Waals surface area contributed by atoms with Crippen LogP contribution in [0.5, 0.6) is 5.75 Å². The van der Waals surface area contributed by atoms with Gasteiger partial charge in [-0.15, -0.1) is 0 Å². The van der Waals surface area contributed by atoms with Gasteiger partial charge >= 0.3 is 0 Å². The third-order valence-electron chi connectivity index (χ3n) is 3.63. The van der Waals surface area contributed by atoms with E-state index >= 15 is 0 Å². The van der Waals surface area contributed by atoms with Crippen molar-refractivity contribution in [2.45, 2.75) is 24.8 Å². The Bertz CT molecular complexity index is 977. The average molecular weight is 426 g/mol. The van der Waals surface area contributed by atoms with Gasteiger partial charge in [0.1, 0.15) is 5.75 Å². The Morgan fingerprint density at radius 2 is 1.64 bits per heavy atom. The quantitative estimate of drug-likeness (QED) is 0.631. The predicted molar refractivity (Wildman–Crippen MR) is 107 cm³/mol. The lowest BCUT2D eigenvalue weighted by molar-refractivity contribution is -0.117. The van der Waals surface area contributed by atoms with E-state index in [4.69, 9.17) is 16.3 Å². The molecule has 0 saturated heterocycles. The first-order valence-electron chi connectivity index (χ1n) is 8.17. The van der Waals surface area contributed by atoms with Crippen LogP contribution < -0.4 is 20.1 Å². The van der Waals surface area contributed by atoms with Gasteiger partial charge in [0, 0.05) is 18.3 Å². The number of carbonyl (C=O) groups is 2. The summed E-state index contributed by atoms with van der Waals surface area (Å²) in [5.74, 6) is -0.367. The number of ether oxygens (including phenoxy) is 1. The van der Waals surface area contributed by atoms with Gasteiger partial charge in [-0.1, -0.05) is 11.6 Å². The van der Waals surface area contributed by atoms with E-state index in [1.807, 2.05) is 0 Å². The summed E-state index contributed by atoms with van der Waals surface area (Å²) < 4.78 is 32.3. The molecule has 0 aromatic heterocycles. The van der Waals surface area contributed by atoms with Gasteiger partial charge < -0.3 is 15.4 Å². The molecule has 2 aromatic rings. The molecule has 3 N–H and O–H groups in total.